The van der Waals surface area contributed by atoms with Crippen molar-refractivity contribution in [1.29, 1.82) is 0 Å². The summed E-state index contributed by atoms with van der Waals surface area (Å²) < 4.78 is 5.96. The van der Waals surface area contributed by atoms with E-state index in [2.05, 4.69) is 65.3 Å². The van der Waals surface area contributed by atoms with Gasteiger partial charge in [-0.1, -0.05) is 58.4 Å². The quantitative estimate of drug-likeness (QED) is 0.721. The number of halogens is 1. The van der Waals surface area contributed by atoms with Gasteiger partial charge in [-0.2, -0.15) is 0 Å². The molecular weight excluding hydrogens is 288 g/mol. The van der Waals surface area contributed by atoms with Crippen LogP contribution in [-0.4, -0.2) is 12.2 Å². The third kappa shape index (κ3) is 1.98. The van der Waals surface area contributed by atoms with Crippen molar-refractivity contribution in [1.82, 2.24) is 0 Å². The summed E-state index contributed by atoms with van der Waals surface area (Å²) in [6, 6.07) is 15.0. The lowest BCUT2D eigenvalue weighted by Gasteiger charge is -2.30. The van der Waals surface area contributed by atoms with Crippen molar-refractivity contribution in [3.05, 3.63) is 48.0 Å². The largest absolute Gasteiger partial charge is 0.374 e. The van der Waals surface area contributed by atoms with Crippen LogP contribution in [0.2, 0.25) is 0 Å². The van der Waals surface area contributed by atoms with Gasteiger partial charge in [0.1, 0.15) is 0 Å². The van der Waals surface area contributed by atoms with Gasteiger partial charge < -0.3 is 4.74 Å². The average Bonchev–Trinajstić information content (AvgIpc) is 2.85. The van der Waals surface area contributed by atoms with Crippen LogP contribution in [0.5, 0.6) is 0 Å². The standard InChI is InChI=1S/C16H17BrO/c1-16(10-5-11-18-16)15(17)14-9-4-7-12-6-2-3-8-13(12)14/h2-4,6-9,15H,5,10-11H2,1H3. The maximum atomic E-state index is 5.96. The van der Waals surface area contributed by atoms with Gasteiger partial charge in [-0.15, -0.1) is 0 Å². The van der Waals surface area contributed by atoms with Crippen LogP contribution >= 0.6 is 15.9 Å². The Hall–Kier alpha value is -0.860. The summed E-state index contributed by atoms with van der Waals surface area (Å²) in [7, 11) is 0. The topological polar surface area (TPSA) is 9.23 Å². The Bertz CT molecular complexity index is 553. The Labute approximate surface area is 116 Å². The third-order valence-corrected chi connectivity index (χ3v) is 5.34. The Kier molecular flexibility index (Phi) is 3.16. The van der Waals surface area contributed by atoms with E-state index in [4.69, 9.17) is 4.74 Å². The second-order valence-electron chi connectivity index (χ2n) is 5.20. The summed E-state index contributed by atoms with van der Waals surface area (Å²) in [4.78, 5) is 0.249. The van der Waals surface area contributed by atoms with E-state index in [0.717, 1.165) is 19.4 Å². The maximum absolute atomic E-state index is 5.96. The molecule has 3 rings (SSSR count). The third-order valence-electron chi connectivity index (χ3n) is 3.88. The second kappa shape index (κ2) is 4.67. The van der Waals surface area contributed by atoms with E-state index in [0.29, 0.717) is 0 Å². The zero-order valence-corrected chi connectivity index (χ0v) is 12.1. The summed E-state index contributed by atoms with van der Waals surface area (Å²) in [6.45, 7) is 3.09. The first-order chi connectivity index (χ1) is 8.71. The van der Waals surface area contributed by atoms with Crippen LogP contribution < -0.4 is 0 Å². The lowest BCUT2D eigenvalue weighted by Crippen LogP contribution is -2.28. The zero-order chi connectivity index (χ0) is 12.6. The van der Waals surface area contributed by atoms with Crippen LogP contribution in [-0.2, 0) is 4.74 Å². The molecule has 2 unspecified atom stereocenters. The van der Waals surface area contributed by atoms with Crippen molar-refractivity contribution in [2.24, 2.45) is 0 Å². The summed E-state index contributed by atoms with van der Waals surface area (Å²) in [5, 5.41) is 2.61. The van der Waals surface area contributed by atoms with Crippen LogP contribution in [0.3, 0.4) is 0 Å². The Morgan fingerprint density at radius 1 is 1.17 bits per heavy atom. The number of fused-ring (bicyclic) bond motifs is 1. The lowest BCUT2D eigenvalue weighted by molar-refractivity contribution is 0.0200. The Morgan fingerprint density at radius 2 is 1.94 bits per heavy atom. The fourth-order valence-corrected chi connectivity index (χ4v) is 3.56. The molecule has 0 radical (unpaired) electrons. The minimum absolute atomic E-state index is 0.0792. The van der Waals surface area contributed by atoms with Crippen LogP contribution in [0, 0.1) is 0 Å². The van der Waals surface area contributed by atoms with Gasteiger partial charge >= 0.3 is 0 Å². The normalized spacial score (nSPS) is 25.4. The lowest BCUT2D eigenvalue weighted by atomic mass is 9.90. The van der Waals surface area contributed by atoms with E-state index in [-0.39, 0.29) is 10.4 Å². The Morgan fingerprint density at radius 3 is 2.72 bits per heavy atom. The first-order valence-corrected chi connectivity index (χ1v) is 7.38. The van der Waals surface area contributed by atoms with E-state index in [1.807, 2.05) is 0 Å². The highest BCUT2D eigenvalue weighted by Crippen LogP contribution is 2.44. The highest BCUT2D eigenvalue weighted by molar-refractivity contribution is 9.09. The fraction of sp³-hybridized carbons (Fsp3) is 0.375. The number of ether oxygens (including phenoxy) is 1. The monoisotopic (exact) mass is 304 g/mol. The van der Waals surface area contributed by atoms with E-state index in [1.54, 1.807) is 0 Å². The van der Waals surface area contributed by atoms with Crippen molar-refractivity contribution < 1.29 is 4.74 Å². The first kappa shape index (κ1) is 12.2. The minimum Gasteiger partial charge on any atom is -0.374 e. The van der Waals surface area contributed by atoms with Gasteiger partial charge in [0.25, 0.3) is 0 Å². The van der Waals surface area contributed by atoms with Gasteiger partial charge in [0.05, 0.1) is 10.4 Å². The minimum atomic E-state index is -0.0792. The summed E-state index contributed by atoms with van der Waals surface area (Å²) in [6.07, 6.45) is 2.27. The first-order valence-electron chi connectivity index (χ1n) is 6.46. The molecule has 2 aromatic carbocycles. The van der Waals surface area contributed by atoms with Gasteiger partial charge in [-0.05, 0) is 36.1 Å². The molecule has 1 nitrogen and oxygen atoms in total. The van der Waals surface area contributed by atoms with E-state index >= 15 is 0 Å². The predicted molar refractivity (Wildman–Crippen MR) is 79.2 cm³/mol. The summed E-state index contributed by atoms with van der Waals surface area (Å²) >= 11 is 3.87. The number of benzene rings is 2. The molecule has 0 amide bonds. The molecule has 1 aliphatic heterocycles. The molecule has 0 N–H and O–H groups in total. The number of alkyl halides is 1. The van der Waals surface area contributed by atoms with Crippen molar-refractivity contribution in [2.75, 3.05) is 6.61 Å². The van der Waals surface area contributed by atoms with E-state index < -0.39 is 0 Å². The van der Waals surface area contributed by atoms with E-state index in [1.165, 1.54) is 16.3 Å². The molecule has 1 heterocycles. The molecule has 94 valence electrons. The molecule has 1 aliphatic rings. The molecule has 2 atom stereocenters. The van der Waals surface area contributed by atoms with Crippen LogP contribution in [0.25, 0.3) is 10.8 Å². The summed E-state index contributed by atoms with van der Waals surface area (Å²) in [5.74, 6) is 0. The molecule has 0 aromatic heterocycles. The molecule has 1 saturated heterocycles. The van der Waals surface area contributed by atoms with Gasteiger partial charge in [0.15, 0.2) is 0 Å². The highest BCUT2D eigenvalue weighted by Gasteiger charge is 2.38. The van der Waals surface area contributed by atoms with Gasteiger partial charge in [-0.25, -0.2) is 0 Å². The molecule has 1 fully saturated rings. The van der Waals surface area contributed by atoms with Crippen LogP contribution in [0.15, 0.2) is 42.5 Å². The molecule has 18 heavy (non-hydrogen) atoms. The Balaban J connectivity index is 2.08. The number of hydrogen-bond donors (Lipinski definition) is 0. The van der Waals surface area contributed by atoms with Gasteiger partial charge in [0.2, 0.25) is 0 Å². The van der Waals surface area contributed by atoms with Crippen molar-refractivity contribution in [2.45, 2.75) is 30.2 Å². The SMILES string of the molecule is CC1(C(Br)c2cccc3ccccc23)CCCO1. The molecular formula is C16H17BrO. The average molecular weight is 305 g/mol. The molecule has 0 aliphatic carbocycles. The summed E-state index contributed by atoms with van der Waals surface area (Å²) in [5.41, 5.74) is 1.25. The molecule has 2 heteroatoms. The predicted octanol–water partition coefficient (Wildman–Crippen LogP) is 4.84. The maximum Gasteiger partial charge on any atom is 0.0820 e. The second-order valence-corrected chi connectivity index (χ2v) is 6.11. The van der Waals surface area contributed by atoms with Crippen molar-refractivity contribution >= 4 is 26.7 Å². The smallest absolute Gasteiger partial charge is 0.0820 e. The van der Waals surface area contributed by atoms with E-state index in [9.17, 15) is 0 Å². The van der Waals surface area contributed by atoms with Crippen molar-refractivity contribution in [3.8, 4) is 0 Å². The van der Waals surface area contributed by atoms with Crippen LogP contribution in [0.1, 0.15) is 30.2 Å². The molecule has 0 spiro atoms. The zero-order valence-electron chi connectivity index (χ0n) is 10.5. The highest BCUT2D eigenvalue weighted by atomic mass is 79.9. The van der Waals surface area contributed by atoms with Gasteiger partial charge in [0, 0.05) is 6.61 Å². The van der Waals surface area contributed by atoms with Gasteiger partial charge in [-0.3, -0.25) is 0 Å². The van der Waals surface area contributed by atoms with Crippen molar-refractivity contribution in [3.63, 3.8) is 0 Å². The molecule has 2 aromatic rings. The van der Waals surface area contributed by atoms with Crippen LogP contribution in [0.4, 0.5) is 0 Å². The fourth-order valence-electron chi connectivity index (χ4n) is 2.80. The number of rotatable bonds is 2. The molecule has 0 bridgehead atoms. The number of hydrogen-bond acceptors (Lipinski definition) is 1. The molecule has 0 saturated carbocycles.